The van der Waals surface area contributed by atoms with Crippen molar-refractivity contribution in [1.29, 1.82) is 0 Å². The molecule has 0 aliphatic carbocycles. The highest BCUT2D eigenvalue weighted by molar-refractivity contribution is 7.89. The van der Waals surface area contributed by atoms with E-state index in [0.29, 0.717) is 25.8 Å². The Bertz CT molecular complexity index is 1160. The highest BCUT2D eigenvalue weighted by Crippen LogP contribution is 2.35. The Kier molecular flexibility index (Phi) is 6.09. The van der Waals surface area contributed by atoms with Crippen LogP contribution in [-0.2, 0) is 26.0 Å². The van der Waals surface area contributed by atoms with E-state index in [1.54, 1.807) is 23.1 Å². The van der Waals surface area contributed by atoms with Gasteiger partial charge in [0.05, 0.1) is 10.8 Å². The molecule has 2 aliphatic rings. The van der Waals surface area contributed by atoms with Crippen molar-refractivity contribution in [3.8, 4) is 0 Å². The topological polar surface area (TPSA) is 86.8 Å². The SMILES string of the molecule is CC(=O)N1c2ccc(S(=O)(=O)N3CCCC(C(=O)Nc4ccccc4C)C3)cc2CC1C. The van der Waals surface area contributed by atoms with E-state index in [1.807, 2.05) is 38.1 Å². The lowest BCUT2D eigenvalue weighted by molar-refractivity contribution is -0.121. The number of hydrogen-bond acceptors (Lipinski definition) is 4. The van der Waals surface area contributed by atoms with Crippen molar-refractivity contribution in [2.24, 2.45) is 5.92 Å². The molecular formula is C24H29N3O4S. The smallest absolute Gasteiger partial charge is 0.243 e. The Balaban J connectivity index is 1.52. The first kappa shape index (κ1) is 22.5. The first-order chi connectivity index (χ1) is 15.2. The van der Waals surface area contributed by atoms with Crippen molar-refractivity contribution in [3.63, 3.8) is 0 Å². The van der Waals surface area contributed by atoms with Crippen LogP contribution in [0.25, 0.3) is 0 Å². The van der Waals surface area contributed by atoms with Crippen LogP contribution in [0.4, 0.5) is 11.4 Å². The molecule has 32 heavy (non-hydrogen) atoms. The fourth-order valence-corrected chi connectivity index (χ4v) is 6.29. The predicted octanol–water partition coefficient (Wildman–Crippen LogP) is 3.33. The van der Waals surface area contributed by atoms with E-state index >= 15 is 0 Å². The molecule has 7 nitrogen and oxygen atoms in total. The number of aryl methyl sites for hydroxylation is 1. The number of anilines is 2. The van der Waals surface area contributed by atoms with Crippen LogP contribution in [0.2, 0.25) is 0 Å². The lowest BCUT2D eigenvalue weighted by Crippen LogP contribution is -2.43. The van der Waals surface area contributed by atoms with Gasteiger partial charge in [0, 0.05) is 37.4 Å². The maximum Gasteiger partial charge on any atom is 0.243 e. The molecule has 2 aliphatic heterocycles. The largest absolute Gasteiger partial charge is 0.326 e. The molecule has 0 saturated carbocycles. The van der Waals surface area contributed by atoms with E-state index in [1.165, 1.54) is 11.2 Å². The number of sulfonamides is 1. The number of fused-ring (bicyclic) bond motifs is 1. The molecule has 2 unspecified atom stereocenters. The molecule has 2 aromatic rings. The van der Waals surface area contributed by atoms with Gasteiger partial charge < -0.3 is 10.2 Å². The number of nitrogens with one attached hydrogen (secondary N) is 1. The lowest BCUT2D eigenvalue weighted by atomic mass is 9.98. The molecule has 2 heterocycles. The van der Waals surface area contributed by atoms with Crippen molar-refractivity contribution in [2.45, 2.75) is 51.0 Å². The zero-order chi connectivity index (χ0) is 23.0. The summed E-state index contributed by atoms with van der Waals surface area (Å²) in [6.45, 7) is 5.95. The molecule has 0 bridgehead atoms. The van der Waals surface area contributed by atoms with Gasteiger partial charge in [-0.3, -0.25) is 9.59 Å². The number of para-hydroxylation sites is 1. The van der Waals surface area contributed by atoms with Crippen LogP contribution in [0.15, 0.2) is 47.4 Å². The number of carbonyl (C=O) groups excluding carboxylic acids is 2. The zero-order valence-corrected chi connectivity index (χ0v) is 19.5. The van der Waals surface area contributed by atoms with Crippen molar-refractivity contribution < 1.29 is 18.0 Å². The molecule has 0 aromatic heterocycles. The fraction of sp³-hybridized carbons (Fsp3) is 0.417. The number of rotatable bonds is 4. The first-order valence-electron chi connectivity index (χ1n) is 11.0. The van der Waals surface area contributed by atoms with Crippen LogP contribution in [0.1, 0.15) is 37.8 Å². The average molecular weight is 456 g/mol. The fourth-order valence-electron chi connectivity index (χ4n) is 4.72. The molecule has 1 fully saturated rings. The second kappa shape index (κ2) is 8.67. The normalized spacial score (nSPS) is 21.3. The maximum atomic E-state index is 13.4. The molecule has 170 valence electrons. The third-order valence-electron chi connectivity index (χ3n) is 6.40. The Hall–Kier alpha value is -2.71. The third-order valence-corrected chi connectivity index (χ3v) is 8.26. The van der Waals surface area contributed by atoms with Crippen molar-refractivity contribution in [2.75, 3.05) is 23.3 Å². The summed E-state index contributed by atoms with van der Waals surface area (Å²) < 4.78 is 28.2. The molecule has 0 spiro atoms. The van der Waals surface area contributed by atoms with Crippen LogP contribution in [0.5, 0.6) is 0 Å². The van der Waals surface area contributed by atoms with Crippen molar-refractivity contribution in [1.82, 2.24) is 4.31 Å². The summed E-state index contributed by atoms with van der Waals surface area (Å²) in [5.74, 6) is -0.606. The van der Waals surface area contributed by atoms with E-state index in [2.05, 4.69) is 5.32 Å². The van der Waals surface area contributed by atoms with Gasteiger partial charge >= 0.3 is 0 Å². The van der Waals surface area contributed by atoms with Crippen molar-refractivity contribution in [3.05, 3.63) is 53.6 Å². The lowest BCUT2D eigenvalue weighted by Gasteiger charge is -2.31. The van der Waals surface area contributed by atoms with Gasteiger partial charge in [-0.2, -0.15) is 4.31 Å². The Morgan fingerprint density at radius 2 is 1.88 bits per heavy atom. The summed E-state index contributed by atoms with van der Waals surface area (Å²) >= 11 is 0. The highest BCUT2D eigenvalue weighted by atomic mass is 32.2. The molecule has 2 amide bonds. The number of carbonyl (C=O) groups is 2. The van der Waals surface area contributed by atoms with Crippen molar-refractivity contribution >= 4 is 33.2 Å². The Morgan fingerprint density at radius 3 is 2.59 bits per heavy atom. The quantitative estimate of drug-likeness (QED) is 0.766. The second-order valence-corrected chi connectivity index (χ2v) is 10.7. The van der Waals surface area contributed by atoms with Crippen LogP contribution < -0.4 is 10.2 Å². The third kappa shape index (κ3) is 4.17. The monoisotopic (exact) mass is 455 g/mol. The van der Waals surface area contributed by atoms with Gasteiger partial charge in [-0.25, -0.2) is 8.42 Å². The summed E-state index contributed by atoms with van der Waals surface area (Å²) in [6, 6.07) is 12.5. The zero-order valence-electron chi connectivity index (χ0n) is 18.7. The van der Waals surface area contributed by atoms with Crippen LogP contribution >= 0.6 is 0 Å². The first-order valence-corrected chi connectivity index (χ1v) is 12.4. The molecule has 1 N–H and O–H groups in total. The molecule has 2 aromatic carbocycles. The number of amides is 2. The summed E-state index contributed by atoms with van der Waals surface area (Å²) in [7, 11) is -3.74. The molecule has 1 saturated heterocycles. The maximum absolute atomic E-state index is 13.4. The molecule has 4 rings (SSSR count). The van der Waals surface area contributed by atoms with Gasteiger partial charge in [0.15, 0.2) is 0 Å². The van der Waals surface area contributed by atoms with Crippen LogP contribution in [0.3, 0.4) is 0 Å². The van der Waals surface area contributed by atoms with Crippen LogP contribution in [0, 0.1) is 12.8 Å². The summed E-state index contributed by atoms with van der Waals surface area (Å²) in [4.78, 5) is 26.7. The van der Waals surface area contributed by atoms with Gasteiger partial charge in [0.1, 0.15) is 0 Å². The number of hydrogen-bond donors (Lipinski definition) is 1. The number of benzene rings is 2. The average Bonchev–Trinajstić information content (AvgIpc) is 3.10. The van der Waals surface area contributed by atoms with Gasteiger partial charge in [-0.15, -0.1) is 0 Å². The van der Waals surface area contributed by atoms with E-state index < -0.39 is 15.9 Å². The minimum atomic E-state index is -3.74. The summed E-state index contributed by atoms with van der Waals surface area (Å²) in [5.41, 5.74) is 3.35. The van der Waals surface area contributed by atoms with E-state index in [4.69, 9.17) is 0 Å². The minimum Gasteiger partial charge on any atom is -0.326 e. The number of nitrogens with zero attached hydrogens (tertiary/aromatic N) is 2. The second-order valence-electron chi connectivity index (χ2n) is 8.74. The highest BCUT2D eigenvalue weighted by Gasteiger charge is 2.35. The van der Waals surface area contributed by atoms with Gasteiger partial charge in [0.2, 0.25) is 21.8 Å². The molecule has 0 radical (unpaired) electrons. The van der Waals surface area contributed by atoms with Gasteiger partial charge in [0.25, 0.3) is 0 Å². The van der Waals surface area contributed by atoms with Crippen LogP contribution in [-0.4, -0.2) is 43.7 Å². The Morgan fingerprint density at radius 1 is 1.12 bits per heavy atom. The minimum absolute atomic E-state index is 0.00459. The summed E-state index contributed by atoms with van der Waals surface area (Å²) in [6.07, 6.45) is 1.91. The van der Waals surface area contributed by atoms with Gasteiger partial charge in [-0.05, 0) is 68.5 Å². The summed E-state index contributed by atoms with van der Waals surface area (Å²) in [5, 5.41) is 2.95. The molecule has 8 heteroatoms. The van der Waals surface area contributed by atoms with E-state index in [9.17, 15) is 18.0 Å². The van der Waals surface area contributed by atoms with E-state index in [0.717, 1.165) is 22.5 Å². The van der Waals surface area contributed by atoms with Gasteiger partial charge in [-0.1, -0.05) is 18.2 Å². The number of piperidine rings is 1. The molecular weight excluding hydrogens is 426 g/mol. The van der Waals surface area contributed by atoms with E-state index in [-0.39, 0.29) is 29.3 Å². The predicted molar refractivity (Wildman–Crippen MR) is 124 cm³/mol. The Labute approximate surface area is 189 Å². The molecule has 2 atom stereocenters. The standard InChI is InChI=1S/C24H29N3O4S/c1-16-7-4-5-9-22(16)25-24(29)19-8-6-12-26(15-19)32(30,31)21-10-11-23-20(14-21)13-17(2)27(23)18(3)28/h4-5,7,9-11,14,17,19H,6,8,12-13,15H2,1-3H3,(H,25,29).